The molecule has 0 aliphatic heterocycles. The van der Waals surface area contributed by atoms with E-state index in [1.54, 1.807) is 6.08 Å². The third kappa shape index (κ3) is 3.87. The fourth-order valence-corrected chi connectivity index (χ4v) is 2.28. The second kappa shape index (κ2) is 7.15. The molecule has 104 valence electrons. The van der Waals surface area contributed by atoms with Gasteiger partial charge in [0.05, 0.1) is 0 Å². The summed E-state index contributed by atoms with van der Waals surface area (Å²) < 4.78 is 6.73. The van der Waals surface area contributed by atoms with Gasteiger partial charge in [-0.25, -0.2) is 0 Å². The van der Waals surface area contributed by atoms with Crippen LogP contribution < -0.4 is 10.1 Å². The average molecular weight is 332 g/mol. The first-order valence-electron chi connectivity index (χ1n) is 6.52. The van der Waals surface area contributed by atoms with E-state index < -0.39 is 0 Å². The lowest BCUT2D eigenvalue weighted by Gasteiger charge is -2.13. The van der Waals surface area contributed by atoms with Crippen molar-refractivity contribution in [2.24, 2.45) is 0 Å². The van der Waals surface area contributed by atoms with Gasteiger partial charge in [0.1, 0.15) is 12.4 Å². The highest BCUT2D eigenvalue weighted by atomic mass is 79.9. The molecule has 2 rings (SSSR count). The highest BCUT2D eigenvalue weighted by molar-refractivity contribution is 9.10. The van der Waals surface area contributed by atoms with Crippen LogP contribution in [0.25, 0.3) is 0 Å². The molecule has 0 atom stereocenters. The van der Waals surface area contributed by atoms with E-state index in [1.807, 2.05) is 24.3 Å². The lowest BCUT2D eigenvalue weighted by molar-refractivity contribution is 0.359. The zero-order chi connectivity index (χ0) is 14.4. The van der Waals surface area contributed by atoms with Crippen LogP contribution in [-0.4, -0.2) is 6.61 Å². The van der Waals surface area contributed by atoms with Crippen LogP contribution in [0.15, 0.2) is 59.6 Å². The van der Waals surface area contributed by atoms with Gasteiger partial charge in [-0.2, -0.15) is 0 Å². The summed E-state index contributed by atoms with van der Waals surface area (Å²) in [5, 5.41) is 3.45. The Morgan fingerprint density at radius 2 is 2.05 bits per heavy atom. The molecule has 0 bridgehead atoms. The van der Waals surface area contributed by atoms with Gasteiger partial charge >= 0.3 is 0 Å². The van der Waals surface area contributed by atoms with Gasteiger partial charge in [0.25, 0.3) is 0 Å². The molecule has 0 spiro atoms. The number of benzene rings is 2. The minimum absolute atomic E-state index is 0.521. The molecule has 0 fully saturated rings. The van der Waals surface area contributed by atoms with E-state index in [0.717, 1.165) is 28.0 Å². The lowest BCUT2D eigenvalue weighted by Crippen LogP contribution is -2.04. The van der Waals surface area contributed by atoms with Gasteiger partial charge in [-0.05, 0) is 30.7 Å². The van der Waals surface area contributed by atoms with Crippen LogP contribution in [0.3, 0.4) is 0 Å². The smallest absolute Gasteiger partial charge is 0.124 e. The standard InChI is InChI=1S/C17H18BrNO/c1-3-10-20-17-7-5-4-6-14(17)12-19-16-11-15(18)9-8-13(16)2/h3-9,11,19H,1,10,12H2,2H3. The zero-order valence-electron chi connectivity index (χ0n) is 11.5. The minimum Gasteiger partial charge on any atom is -0.489 e. The first-order chi connectivity index (χ1) is 9.70. The maximum Gasteiger partial charge on any atom is 0.124 e. The highest BCUT2D eigenvalue weighted by Crippen LogP contribution is 2.23. The Balaban J connectivity index is 2.10. The van der Waals surface area contributed by atoms with Crippen molar-refractivity contribution >= 4 is 21.6 Å². The largest absolute Gasteiger partial charge is 0.489 e. The summed E-state index contributed by atoms with van der Waals surface area (Å²) in [4.78, 5) is 0. The predicted octanol–water partition coefficient (Wildman–Crippen LogP) is 4.93. The maximum absolute atomic E-state index is 5.66. The van der Waals surface area contributed by atoms with Crippen LogP contribution in [0.1, 0.15) is 11.1 Å². The fraction of sp³-hybridized carbons (Fsp3) is 0.176. The van der Waals surface area contributed by atoms with Gasteiger partial charge in [0.15, 0.2) is 0 Å². The van der Waals surface area contributed by atoms with Crippen molar-refractivity contribution in [1.29, 1.82) is 0 Å². The number of hydrogen-bond acceptors (Lipinski definition) is 2. The van der Waals surface area contributed by atoms with E-state index >= 15 is 0 Å². The van der Waals surface area contributed by atoms with Crippen LogP contribution in [0.4, 0.5) is 5.69 Å². The number of para-hydroxylation sites is 1. The Morgan fingerprint density at radius 1 is 1.25 bits per heavy atom. The highest BCUT2D eigenvalue weighted by Gasteiger charge is 2.04. The van der Waals surface area contributed by atoms with E-state index in [-0.39, 0.29) is 0 Å². The lowest BCUT2D eigenvalue weighted by atomic mass is 10.1. The average Bonchev–Trinajstić information content (AvgIpc) is 2.47. The summed E-state index contributed by atoms with van der Waals surface area (Å²) in [7, 11) is 0. The number of anilines is 1. The van der Waals surface area contributed by atoms with Crippen molar-refractivity contribution in [2.45, 2.75) is 13.5 Å². The third-order valence-corrected chi connectivity index (χ3v) is 3.49. The molecule has 0 heterocycles. The summed E-state index contributed by atoms with van der Waals surface area (Å²) in [5.74, 6) is 0.896. The molecular weight excluding hydrogens is 314 g/mol. The second-order valence-corrected chi connectivity index (χ2v) is 5.44. The number of aryl methyl sites for hydroxylation is 1. The van der Waals surface area contributed by atoms with Crippen molar-refractivity contribution in [3.8, 4) is 5.75 Å². The fourth-order valence-electron chi connectivity index (χ4n) is 1.91. The minimum atomic E-state index is 0.521. The van der Waals surface area contributed by atoms with Crippen molar-refractivity contribution in [3.63, 3.8) is 0 Å². The Hall–Kier alpha value is -1.74. The van der Waals surface area contributed by atoms with E-state index in [4.69, 9.17) is 4.74 Å². The number of nitrogens with one attached hydrogen (secondary N) is 1. The van der Waals surface area contributed by atoms with Crippen molar-refractivity contribution in [2.75, 3.05) is 11.9 Å². The first-order valence-corrected chi connectivity index (χ1v) is 7.31. The molecule has 2 aromatic carbocycles. The summed E-state index contributed by atoms with van der Waals surface area (Å²) in [6.45, 7) is 7.01. The van der Waals surface area contributed by atoms with Crippen LogP contribution in [0.2, 0.25) is 0 Å². The summed E-state index contributed by atoms with van der Waals surface area (Å²) in [6, 6.07) is 14.3. The van der Waals surface area contributed by atoms with Crippen LogP contribution >= 0.6 is 15.9 Å². The summed E-state index contributed by atoms with van der Waals surface area (Å²) in [5.41, 5.74) is 3.48. The molecule has 0 saturated carbocycles. The molecule has 2 aromatic rings. The topological polar surface area (TPSA) is 21.3 Å². The second-order valence-electron chi connectivity index (χ2n) is 4.52. The van der Waals surface area contributed by atoms with Crippen molar-refractivity contribution < 1.29 is 4.74 Å². The molecule has 0 amide bonds. The Labute approximate surface area is 128 Å². The van der Waals surface area contributed by atoms with Gasteiger partial charge in [0, 0.05) is 22.3 Å². The molecule has 0 aliphatic carbocycles. The molecule has 0 saturated heterocycles. The molecule has 20 heavy (non-hydrogen) atoms. The zero-order valence-corrected chi connectivity index (χ0v) is 13.1. The van der Waals surface area contributed by atoms with Crippen LogP contribution in [0.5, 0.6) is 5.75 Å². The SMILES string of the molecule is C=CCOc1ccccc1CNc1cc(Br)ccc1C. The molecule has 3 heteroatoms. The number of halogens is 1. The molecular formula is C17H18BrNO. The number of rotatable bonds is 6. The maximum atomic E-state index is 5.66. The summed E-state index contributed by atoms with van der Waals surface area (Å²) in [6.07, 6.45) is 1.75. The van der Waals surface area contributed by atoms with Crippen LogP contribution in [0, 0.1) is 6.92 Å². The molecule has 0 unspecified atom stereocenters. The van der Waals surface area contributed by atoms with E-state index in [0.29, 0.717) is 6.61 Å². The van der Waals surface area contributed by atoms with Gasteiger partial charge in [0.2, 0.25) is 0 Å². The van der Waals surface area contributed by atoms with Crippen molar-refractivity contribution in [3.05, 3.63) is 70.7 Å². The monoisotopic (exact) mass is 331 g/mol. The summed E-state index contributed by atoms with van der Waals surface area (Å²) >= 11 is 3.50. The van der Waals surface area contributed by atoms with E-state index in [9.17, 15) is 0 Å². The third-order valence-electron chi connectivity index (χ3n) is 3.00. The first kappa shape index (κ1) is 14.7. The molecule has 2 nitrogen and oxygen atoms in total. The Kier molecular flexibility index (Phi) is 5.24. The van der Waals surface area contributed by atoms with E-state index in [1.165, 1.54) is 5.56 Å². The molecule has 0 radical (unpaired) electrons. The number of hydrogen-bond donors (Lipinski definition) is 1. The van der Waals surface area contributed by atoms with Gasteiger partial charge < -0.3 is 10.1 Å². The van der Waals surface area contributed by atoms with Crippen molar-refractivity contribution in [1.82, 2.24) is 0 Å². The normalized spacial score (nSPS) is 10.1. The Morgan fingerprint density at radius 3 is 2.85 bits per heavy atom. The molecule has 1 N–H and O–H groups in total. The quantitative estimate of drug-likeness (QED) is 0.757. The van der Waals surface area contributed by atoms with Gasteiger partial charge in [-0.3, -0.25) is 0 Å². The Bertz CT molecular complexity index is 595. The van der Waals surface area contributed by atoms with Gasteiger partial charge in [-0.1, -0.05) is 52.9 Å². The van der Waals surface area contributed by atoms with E-state index in [2.05, 4.69) is 52.9 Å². The van der Waals surface area contributed by atoms with Crippen LogP contribution in [-0.2, 0) is 6.54 Å². The van der Waals surface area contributed by atoms with Gasteiger partial charge in [-0.15, -0.1) is 0 Å². The molecule has 0 aliphatic rings. The number of ether oxygens (including phenoxy) is 1. The molecule has 0 aromatic heterocycles. The predicted molar refractivity (Wildman–Crippen MR) is 88.3 cm³/mol.